The molecule has 94 valence electrons. The minimum atomic E-state index is -1.31. The third kappa shape index (κ3) is 2.69. The number of anilines is 1. The van der Waals surface area contributed by atoms with Crippen molar-refractivity contribution in [1.82, 2.24) is 4.98 Å². The number of nitrogens with one attached hydrogen (secondary N) is 1. The quantitative estimate of drug-likeness (QED) is 0.832. The molecule has 0 radical (unpaired) electrons. The normalized spacial score (nSPS) is 21.5. The molecule has 1 aromatic rings. The van der Waals surface area contributed by atoms with E-state index >= 15 is 0 Å². The maximum atomic E-state index is 13.3. The van der Waals surface area contributed by atoms with E-state index in [1.54, 1.807) is 6.92 Å². The summed E-state index contributed by atoms with van der Waals surface area (Å²) < 4.78 is 44.2. The zero-order valence-corrected chi connectivity index (χ0v) is 9.34. The van der Waals surface area contributed by atoms with E-state index in [1.807, 2.05) is 0 Å². The highest BCUT2D eigenvalue weighted by Crippen LogP contribution is 2.20. The van der Waals surface area contributed by atoms with Gasteiger partial charge in [0.05, 0.1) is 12.1 Å². The summed E-state index contributed by atoms with van der Waals surface area (Å²) in [6, 6.07) is 0.275. The lowest BCUT2D eigenvalue weighted by molar-refractivity contribution is 0.0994. The van der Waals surface area contributed by atoms with Gasteiger partial charge in [0.25, 0.3) is 5.95 Å². The second-order valence-corrected chi connectivity index (χ2v) is 4.08. The van der Waals surface area contributed by atoms with Crippen molar-refractivity contribution in [3.63, 3.8) is 0 Å². The molecule has 2 unspecified atom stereocenters. The number of hydrogen-bond acceptors (Lipinski definition) is 3. The molecular formula is C11H13F3N2O. The number of rotatable bonds is 3. The Balaban J connectivity index is 2.09. The largest absolute Gasteiger partial charge is 0.376 e. The summed E-state index contributed by atoms with van der Waals surface area (Å²) in [7, 11) is 0. The Morgan fingerprint density at radius 3 is 2.82 bits per heavy atom. The molecule has 6 heteroatoms. The summed E-state index contributed by atoms with van der Waals surface area (Å²) in [6.45, 7) is 2.46. The predicted octanol–water partition coefficient (Wildman–Crippen LogP) is 2.48. The Hall–Kier alpha value is -1.30. The standard InChI is InChI=1S/C11H13F3N2O/c1-6(9-3-2-4-17-9)15-11-8(13)5-7(12)10(14)16-11/h5-6,9H,2-4H2,1H3,(H,15,16). The van der Waals surface area contributed by atoms with E-state index in [0.717, 1.165) is 12.8 Å². The van der Waals surface area contributed by atoms with Crippen molar-refractivity contribution in [3.8, 4) is 0 Å². The zero-order valence-electron chi connectivity index (χ0n) is 9.34. The average Bonchev–Trinajstić information content (AvgIpc) is 2.79. The topological polar surface area (TPSA) is 34.2 Å². The Kier molecular flexibility index (Phi) is 3.51. The number of ether oxygens (including phenoxy) is 1. The molecule has 0 aromatic carbocycles. The van der Waals surface area contributed by atoms with Crippen LogP contribution in [0.4, 0.5) is 19.0 Å². The van der Waals surface area contributed by atoms with Crippen molar-refractivity contribution >= 4 is 5.82 Å². The van der Waals surface area contributed by atoms with Crippen molar-refractivity contribution in [2.75, 3.05) is 11.9 Å². The molecule has 0 amide bonds. The minimum absolute atomic E-state index is 0.0516. The van der Waals surface area contributed by atoms with Crippen LogP contribution in [0.25, 0.3) is 0 Å². The summed E-state index contributed by atoms with van der Waals surface area (Å²) in [5.74, 6) is -3.80. The molecule has 2 rings (SSSR count). The van der Waals surface area contributed by atoms with Gasteiger partial charge in [-0.3, -0.25) is 0 Å². The molecule has 1 saturated heterocycles. The van der Waals surface area contributed by atoms with E-state index in [1.165, 1.54) is 0 Å². The van der Waals surface area contributed by atoms with Crippen LogP contribution >= 0.6 is 0 Å². The van der Waals surface area contributed by atoms with Crippen LogP contribution in [0.15, 0.2) is 6.07 Å². The fourth-order valence-corrected chi connectivity index (χ4v) is 1.85. The molecule has 1 N–H and O–H groups in total. The van der Waals surface area contributed by atoms with Crippen molar-refractivity contribution in [1.29, 1.82) is 0 Å². The summed E-state index contributed by atoms with van der Waals surface area (Å²) in [4.78, 5) is 3.20. The number of aromatic nitrogens is 1. The molecule has 1 fully saturated rings. The highest BCUT2D eigenvalue weighted by molar-refractivity contribution is 5.37. The second kappa shape index (κ2) is 4.91. The highest BCUT2D eigenvalue weighted by Gasteiger charge is 2.24. The molecule has 0 spiro atoms. The third-order valence-electron chi connectivity index (χ3n) is 2.77. The molecule has 17 heavy (non-hydrogen) atoms. The monoisotopic (exact) mass is 246 g/mol. The lowest BCUT2D eigenvalue weighted by Crippen LogP contribution is -2.31. The van der Waals surface area contributed by atoms with Gasteiger partial charge in [-0.15, -0.1) is 0 Å². The van der Waals surface area contributed by atoms with Crippen LogP contribution in [0.1, 0.15) is 19.8 Å². The van der Waals surface area contributed by atoms with E-state index in [2.05, 4.69) is 10.3 Å². The molecule has 0 saturated carbocycles. The van der Waals surface area contributed by atoms with Crippen LogP contribution in [-0.2, 0) is 4.74 Å². The van der Waals surface area contributed by atoms with Crippen molar-refractivity contribution in [3.05, 3.63) is 23.6 Å². The van der Waals surface area contributed by atoms with Crippen LogP contribution in [-0.4, -0.2) is 23.7 Å². The molecule has 0 bridgehead atoms. The molecule has 2 atom stereocenters. The summed E-state index contributed by atoms with van der Waals surface area (Å²) >= 11 is 0. The average molecular weight is 246 g/mol. The van der Waals surface area contributed by atoms with Gasteiger partial charge in [-0.25, -0.2) is 8.78 Å². The van der Waals surface area contributed by atoms with E-state index in [0.29, 0.717) is 12.7 Å². The first-order valence-corrected chi connectivity index (χ1v) is 5.47. The fraction of sp³-hybridized carbons (Fsp3) is 0.545. The number of halogens is 3. The zero-order chi connectivity index (χ0) is 12.4. The Morgan fingerprint density at radius 2 is 2.18 bits per heavy atom. The first-order chi connectivity index (χ1) is 8.08. The molecule has 1 aromatic heterocycles. The van der Waals surface area contributed by atoms with Gasteiger partial charge in [0.2, 0.25) is 0 Å². The fourth-order valence-electron chi connectivity index (χ4n) is 1.85. The van der Waals surface area contributed by atoms with Crippen molar-refractivity contribution < 1.29 is 17.9 Å². The number of pyridine rings is 1. The van der Waals surface area contributed by atoms with Crippen molar-refractivity contribution in [2.24, 2.45) is 0 Å². The second-order valence-electron chi connectivity index (χ2n) is 4.08. The summed E-state index contributed by atoms with van der Waals surface area (Å²) in [5, 5.41) is 2.70. The summed E-state index contributed by atoms with van der Waals surface area (Å²) in [5.41, 5.74) is 0. The van der Waals surface area contributed by atoms with Crippen LogP contribution in [0.2, 0.25) is 0 Å². The lowest BCUT2D eigenvalue weighted by atomic mass is 10.1. The SMILES string of the molecule is CC(Nc1nc(F)c(F)cc1F)C1CCCO1. The van der Waals surface area contributed by atoms with E-state index in [4.69, 9.17) is 4.74 Å². The number of hydrogen-bond donors (Lipinski definition) is 1. The van der Waals surface area contributed by atoms with E-state index in [9.17, 15) is 13.2 Å². The molecule has 1 aliphatic heterocycles. The first-order valence-electron chi connectivity index (χ1n) is 5.47. The smallest absolute Gasteiger partial charge is 0.251 e. The Bertz CT molecular complexity index is 408. The van der Waals surface area contributed by atoms with Gasteiger partial charge in [-0.1, -0.05) is 0 Å². The Labute approximate surface area is 97.0 Å². The number of nitrogens with zero attached hydrogens (tertiary/aromatic N) is 1. The van der Waals surface area contributed by atoms with Crippen LogP contribution in [0, 0.1) is 17.6 Å². The predicted molar refractivity (Wildman–Crippen MR) is 56.2 cm³/mol. The summed E-state index contributed by atoms with van der Waals surface area (Å²) in [6.07, 6.45) is 1.76. The highest BCUT2D eigenvalue weighted by atomic mass is 19.2. The van der Waals surface area contributed by atoms with Gasteiger partial charge in [-0.05, 0) is 19.8 Å². The molecule has 0 aliphatic carbocycles. The van der Waals surface area contributed by atoms with Gasteiger partial charge in [-0.2, -0.15) is 9.37 Å². The van der Waals surface area contributed by atoms with Crippen LogP contribution in [0.3, 0.4) is 0 Å². The van der Waals surface area contributed by atoms with Gasteiger partial charge >= 0.3 is 0 Å². The van der Waals surface area contributed by atoms with Crippen LogP contribution in [0.5, 0.6) is 0 Å². The third-order valence-corrected chi connectivity index (χ3v) is 2.77. The van der Waals surface area contributed by atoms with E-state index < -0.39 is 17.6 Å². The molecule has 1 aliphatic rings. The molecule has 3 nitrogen and oxygen atoms in total. The van der Waals surface area contributed by atoms with Crippen molar-refractivity contribution in [2.45, 2.75) is 31.9 Å². The maximum Gasteiger partial charge on any atom is 0.251 e. The van der Waals surface area contributed by atoms with Gasteiger partial charge in [0, 0.05) is 12.7 Å². The lowest BCUT2D eigenvalue weighted by Gasteiger charge is -2.20. The van der Waals surface area contributed by atoms with Gasteiger partial charge in [0.1, 0.15) is 0 Å². The van der Waals surface area contributed by atoms with Gasteiger partial charge in [0.15, 0.2) is 17.5 Å². The van der Waals surface area contributed by atoms with Crippen LogP contribution < -0.4 is 5.32 Å². The Morgan fingerprint density at radius 1 is 1.41 bits per heavy atom. The molecule has 2 heterocycles. The first kappa shape index (κ1) is 12.2. The molecular weight excluding hydrogens is 233 g/mol. The minimum Gasteiger partial charge on any atom is -0.376 e. The van der Waals surface area contributed by atoms with E-state index in [-0.39, 0.29) is 18.0 Å². The maximum absolute atomic E-state index is 13.3. The van der Waals surface area contributed by atoms with Gasteiger partial charge < -0.3 is 10.1 Å².